The largest absolute Gasteiger partial charge is 0.376 e. The van der Waals surface area contributed by atoms with Gasteiger partial charge >= 0.3 is 0 Å². The molecule has 0 aliphatic heterocycles. The van der Waals surface area contributed by atoms with Gasteiger partial charge in [0, 0.05) is 25.5 Å². The highest BCUT2D eigenvalue weighted by Gasteiger charge is 2.36. The lowest BCUT2D eigenvalue weighted by Crippen LogP contribution is -2.39. The topological polar surface area (TPSA) is 38.1 Å². The summed E-state index contributed by atoms with van der Waals surface area (Å²) in [6.45, 7) is 0.727. The van der Waals surface area contributed by atoms with Gasteiger partial charge in [-0.2, -0.15) is 5.10 Å². The third kappa shape index (κ3) is 2.54. The first-order chi connectivity index (χ1) is 8.06. The smallest absolute Gasteiger partial charge is 0.268 e. The van der Waals surface area contributed by atoms with E-state index < -0.39 is 0 Å². The summed E-state index contributed by atoms with van der Waals surface area (Å²) in [5, 5.41) is 5.20. The molecule has 0 N–H and O–H groups in total. The summed E-state index contributed by atoms with van der Waals surface area (Å²) in [5.41, 5.74) is 1.09. The molecule has 4 nitrogen and oxygen atoms in total. The number of hydrogen-bond acceptors (Lipinski definition) is 3. The summed E-state index contributed by atoms with van der Waals surface area (Å²) in [6, 6.07) is 1.65. The van der Waals surface area contributed by atoms with Crippen LogP contribution in [-0.2, 0) is 6.54 Å². The van der Waals surface area contributed by atoms with Crippen LogP contribution < -0.4 is 10.5 Å². The molecule has 2 rings (SSSR count). The van der Waals surface area contributed by atoms with Crippen LogP contribution in [0.25, 0.3) is 0 Å². The first kappa shape index (κ1) is 12.6. The second kappa shape index (κ2) is 4.80. The molecule has 17 heavy (non-hydrogen) atoms. The second-order valence-corrected chi connectivity index (χ2v) is 5.65. The molecule has 1 saturated carbocycles. The number of nitrogens with zero attached hydrogens (tertiary/aromatic N) is 3. The van der Waals surface area contributed by atoms with Gasteiger partial charge in [-0.1, -0.05) is 22.4 Å². The van der Waals surface area contributed by atoms with Crippen LogP contribution in [0, 0.1) is 5.41 Å². The Morgan fingerprint density at radius 1 is 1.53 bits per heavy atom. The normalized spacial score (nSPS) is 17.6. The zero-order chi connectivity index (χ0) is 12.5. The molecule has 5 heteroatoms. The van der Waals surface area contributed by atoms with Gasteiger partial charge in [0.25, 0.3) is 5.56 Å². The number of aromatic nitrogens is 2. The molecule has 0 aromatic carbocycles. The summed E-state index contributed by atoms with van der Waals surface area (Å²) < 4.78 is 1.59. The number of halogens is 1. The van der Waals surface area contributed by atoms with Crippen LogP contribution in [-0.4, -0.2) is 29.2 Å². The Kier molecular flexibility index (Phi) is 3.56. The fraction of sp³-hybridized carbons (Fsp3) is 0.667. The van der Waals surface area contributed by atoms with E-state index in [0.717, 1.165) is 17.6 Å². The maximum atomic E-state index is 11.9. The van der Waals surface area contributed by atoms with Crippen LogP contribution in [0.15, 0.2) is 17.1 Å². The van der Waals surface area contributed by atoms with Crippen molar-refractivity contribution in [1.29, 1.82) is 0 Å². The molecule has 0 amide bonds. The third-order valence-electron chi connectivity index (χ3n) is 3.55. The van der Waals surface area contributed by atoms with Crippen LogP contribution >= 0.6 is 15.9 Å². The number of anilines is 1. The Hall–Kier alpha value is -0.840. The Bertz CT molecular complexity index is 446. The maximum absolute atomic E-state index is 11.9. The summed E-state index contributed by atoms with van der Waals surface area (Å²) in [6.07, 6.45) is 5.38. The van der Waals surface area contributed by atoms with Gasteiger partial charge in [-0.05, 0) is 18.3 Å². The minimum atomic E-state index is -0.0107. The molecule has 0 bridgehead atoms. The minimum Gasteiger partial charge on any atom is -0.376 e. The highest BCUT2D eigenvalue weighted by Crippen LogP contribution is 2.43. The van der Waals surface area contributed by atoms with Crippen LogP contribution in [0.5, 0.6) is 0 Å². The van der Waals surface area contributed by atoms with Gasteiger partial charge in [0.2, 0.25) is 0 Å². The third-order valence-corrected chi connectivity index (χ3v) is 4.74. The van der Waals surface area contributed by atoms with Gasteiger partial charge in [0.05, 0.1) is 18.4 Å². The molecule has 1 aromatic rings. The van der Waals surface area contributed by atoms with E-state index in [4.69, 9.17) is 0 Å². The predicted molar refractivity (Wildman–Crippen MR) is 72.9 cm³/mol. The van der Waals surface area contributed by atoms with E-state index in [2.05, 4.69) is 21.0 Å². The highest BCUT2D eigenvalue weighted by molar-refractivity contribution is 9.09. The fourth-order valence-electron chi connectivity index (χ4n) is 2.12. The summed E-state index contributed by atoms with van der Waals surface area (Å²) in [5.74, 6) is 0. The van der Waals surface area contributed by atoms with E-state index in [1.807, 2.05) is 19.0 Å². The second-order valence-electron chi connectivity index (χ2n) is 5.09. The van der Waals surface area contributed by atoms with E-state index in [-0.39, 0.29) is 11.0 Å². The van der Waals surface area contributed by atoms with E-state index >= 15 is 0 Å². The average molecular weight is 300 g/mol. The van der Waals surface area contributed by atoms with Gasteiger partial charge in [-0.3, -0.25) is 4.79 Å². The first-order valence-corrected chi connectivity index (χ1v) is 6.99. The highest BCUT2D eigenvalue weighted by atomic mass is 79.9. The van der Waals surface area contributed by atoms with Crippen LogP contribution in [0.3, 0.4) is 0 Å². The van der Waals surface area contributed by atoms with Gasteiger partial charge in [-0.25, -0.2) is 4.68 Å². The minimum absolute atomic E-state index is 0.0107. The standard InChI is InChI=1S/C12H18BrN3O/c1-15(2)10-6-11(17)16(14-7-10)9-12(8-13)4-3-5-12/h6-7H,3-5,8-9H2,1-2H3. The van der Waals surface area contributed by atoms with Crippen molar-refractivity contribution in [2.45, 2.75) is 25.8 Å². The van der Waals surface area contributed by atoms with Crippen LogP contribution in [0.4, 0.5) is 5.69 Å². The molecule has 0 spiro atoms. The quantitative estimate of drug-likeness (QED) is 0.797. The molecule has 1 aromatic heterocycles. The lowest BCUT2D eigenvalue weighted by atomic mass is 9.70. The molecule has 0 radical (unpaired) electrons. The molecule has 1 fully saturated rings. The fourth-order valence-corrected chi connectivity index (χ4v) is 2.85. The van der Waals surface area contributed by atoms with Crippen molar-refractivity contribution in [3.05, 3.63) is 22.6 Å². The van der Waals surface area contributed by atoms with E-state index in [1.54, 1.807) is 16.9 Å². The lowest BCUT2D eigenvalue weighted by molar-refractivity contribution is 0.131. The zero-order valence-corrected chi connectivity index (χ0v) is 11.9. The molecule has 0 saturated heterocycles. The Labute approximate surface area is 110 Å². The lowest BCUT2D eigenvalue weighted by Gasteiger charge is -2.40. The number of hydrogen-bond donors (Lipinski definition) is 0. The van der Waals surface area contributed by atoms with Crippen molar-refractivity contribution in [2.75, 3.05) is 24.3 Å². The number of alkyl halides is 1. The molecule has 0 atom stereocenters. The molecular weight excluding hydrogens is 282 g/mol. The Morgan fingerprint density at radius 2 is 2.24 bits per heavy atom. The maximum Gasteiger partial charge on any atom is 0.268 e. The summed E-state index contributed by atoms with van der Waals surface area (Å²) >= 11 is 3.55. The number of rotatable bonds is 4. The van der Waals surface area contributed by atoms with Crippen LogP contribution in [0.1, 0.15) is 19.3 Å². The summed E-state index contributed by atoms with van der Waals surface area (Å²) in [4.78, 5) is 13.8. The van der Waals surface area contributed by atoms with Crippen molar-refractivity contribution >= 4 is 21.6 Å². The van der Waals surface area contributed by atoms with Crippen molar-refractivity contribution in [3.63, 3.8) is 0 Å². The van der Waals surface area contributed by atoms with Crippen molar-refractivity contribution < 1.29 is 0 Å². The Balaban J connectivity index is 2.20. The van der Waals surface area contributed by atoms with Gasteiger partial charge < -0.3 is 4.90 Å². The van der Waals surface area contributed by atoms with Gasteiger partial charge in [0.15, 0.2) is 0 Å². The first-order valence-electron chi connectivity index (χ1n) is 5.87. The van der Waals surface area contributed by atoms with Crippen molar-refractivity contribution in [2.24, 2.45) is 5.41 Å². The summed E-state index contributed by atoms with van der Waals surface area (Å²) in [7, 11) is 3.82. The molecule has 94 valence electrons. The zero-order valence-electron chi connectivity index (χ0n) is 10.3. The van der Waals surface area contributed by atoms with Gasteiger partial charge in [-0.15, -0.1) is 0 Å². The van der Waals surface area contributed by atoms with Gasteiger partial charge in [0.1, 0.15) is 0 Å². The average Bonchev–Trinajstić information content (AvgIpc) is 2.25. The monoisotopic (exact) mass is 299 g/mol. The SMILES string of the molecule is CN(C)c1cnn(CC2(CBr)CCC2)c(=O)c1. The van der Waals surface area contributed by atoms with E-state index in [9.17, 15) is 4.79 Å². The Morgan fingerprint density at radius 3 is 2.65 bits per heavy atom. The molecule has 0 unspecified atom stereocenters. The van der Waals surface area contributed by atoms with Crippen molar-refractivity contribution in [3.8, 4) is 0 Å². The molecule has 1 aliphatic rings. The van der Waals surface area contributed by atoms with Crippen LogP contribution in [0.2, 0.25) is 0 Å². The molecular formula is C12H18BrN3O. The van der Waals surface area contributed by atoms with Crippen molar-refractivity contribution in [1.82, 2.24) is 9.78 Å². The van der Waals surface area contributed by atoms with E-state index in [1.165, 1.54) is 19.3 Å². The molecule has 1 heterocycles. The molecule has 1 aliphatic carbocycles. The van der Waals surface area contributed by atoms with E-state index in [0.29, 0.717) is 0 Å². The predicted octanol–water partition coefficient (Wildman–Crippen LogP) is 1.87.